The normalized spacial score (nSPS) is 12.0. The van der Waals surface area contributed by atoms with Crippen molar-refractivity contribution < 1.29 is 9.18 Å². The number of halogens is 2. The summed E-state index contributed by atoms with van der Waals surface area (Å²) < 4.78 is 13.4. The number of nitrogens with one attached hydrogen (secondary N) is 1. The molecule has 0 spiro atoms. The van der Waals surface area contributed by atoms with Crippen LogP contribution >= 0.6 is 11.6 Å². The highest BCUT2D eigenvalue weighted by molar-refractivity contribution is 6.27. The summed E-state index contributed by atoms with van der Waals surface area (Å²) in [5, 5.41) is 2.83. The fourth-order valence-corrected chi connectivity index (χ4v) is 2.27. The van der Waals surface area contributed by atoms with E-state index < -0.39 is 6.04 Å². The SMILES string of the molecule is CCc1ccc([C@@H](NC(=O)CCl)c2cccc(F)c2)cc1. The minimum atomic E-state index is -0.405. The first-order valence-corrected chi connectivity index (χ1v) is 7.37. The molecule has 0 saturated heterocycles. The van der Waals surface area contributed by atoms with Crippen molar-refractivity contribution in [3.63, 3.8) is 0 Å². The Morgan fingerprint density at radius 3 is 2.48 bits per heavy atom. The average molecular weight is 306 g/mol. The third kappa shape index (κ3) is 4.05. The van der Waals surface area contributed by atoms with Crippen LogP contribution in [0.4, 0.5) is 4.39 Å². The molecule has 2 aromatic rings. The van der Waals surface area contributed by atoms with Crippen molar-refractivity contribution in [3.8, 4) is 0 Å². The highest BCUT2D eigenvalue weighted by Crippen LogP contribution is 2.23. The molecule has 21 heavy (non-hydrogen) atoms. The highest BCUT2D eigenvalue weighted by atomic mass is 35.5. The van der Waals surface area contributed by atoms with Gasteiger partial charge in [0.15, 0.2) is 0 Å². The Morgan fingerprint density at radius 2 is 1.90 bits per heavy atom. The minimum Gasteiger partial charge on any atom is -0.344 e. The molecule has 2 nitrogen and oxygen atoms in total. The zero-order valence-corrected chi connectivity index (χ0v) is 12.5. The average Bonchev–Trinajstić information content (AvgIpc) is 2.52. The smallest absolute Gasteiger partial charge is 0.235 e. The van der Waals surface area contributed by atoms with Crippen LogP contribution in [0.15, 0.2) is 48.5 Å². The van der Waals surface area contributed by atoms with E-state index in [1.165, 1.54) is 17.7 Å². The molecule has 0 bridgehead atoms. The molecule has 1 N–H and O–H groups in total. The number of alkyl halides is 1. The molecule has 0 aliphatic heterocycles. The maximum absolute atomic E-state index is 13.4. The van der Waals surface area contributed by atoms with E-state index in [1.807, 2.05) is 24.3 Å². The number of hydrogen-bond donors (Lipinski definition) is 1. The van der Waals surface area contributed by atoms with E-state index in [4.69, 9.17) is 11.6 Å². The van der Waals surface area contributed by atoms with Gasteiger partial charge in [-0.1, -0.05) is 43.3 Å². The number of carbonyl (C=O) groups is 1. The van der Waals surface area contributed by atoms with Crippen molar-refractivity contribution in [2.45, 2.75) is 19.4 Å². The van der Waals surface area contributed by atoms with Gasteiger partial charge < -0.3 is 5.32 Å². The Balaban J connectivity index is 2.37. The van der Waals surface area contributed by atoms with Crippen molar-refractivity contribution in [1.82, 2.24) is 5.32 Å². The molecular formula is C17H17ClFNO. The van der Waals surface area contributed by atoms with Crippen LogP contribution < -0.4 is 5.32 Å². The van der Waals surface area contributed by atoms with E-state index in [1.54, 1.807) is 12.1 Å². The second-order valence-electron chi connectivity index (χ2n) is 4.78. The summed E-state index contributed by atoms with van der Waals surface area (Å²) in [5.74, 6) is -0.743. The predicted molar refractivity (Wildman–Crippen MR) is 82.9 cm³/mol. The fourth-order valence-electron chi connectivity index (χ4n) is 2.19. The fraction of sp³-hybridized carbons (Fsp3) is 0.235. The van der Waals surface area contributed by atoms with Crippen LogP contribution in [0, 0.1) is 5.82 Å². The van der Waals surface area contributed by atoms with Gasteiger partial charge in [-0.25, -0.2) is 4.39 Å². The lowest BCUT2D eigenvalue weighted by Gasteiger charge is -2.19. The van der Waals surface area contributed by atoms with Crippen molar-refractivity contribution >= 4 is 17.5 Å². The largest absolute Gasteiger partial charge is 0.344 e. The van der Waals surface area contributed by atoms with E-state index >= 15 is 0 Å². The summed E-state index contributed by atoms with van der Waals surface area (Å²) in [6.45, 7) is 2.08. The summed E-state index contributed by atoms with van der Waals surface area (Å²) in [6, 6.07) is 13.7. The molecule has 0 aromatic heterocycles. The minimum absolute atomic E-state index is 0.126. The number of aryl methyl sites for hydroxylation is 1. The summed E-state index contributed by atoms with van der Waals surface area (Å²) in [4.78, 5) is 11.6. The molecule has 0 heterocycles. The maximum Gasteiger partial charge on any atom is 0.235 e. The van der Waals surface area contributed by atoms with Crippen molar-refractivity contribution in [3.05, 3.63) is 71.0 Å². The Bertz CT molecular complexity index is 612. The van der Waals surface area contributed by atoms with E-state index in [2.05, 4.69) is 12.2 Å². The van der Waals surface area contributed by atoms with Gasteiger partial charge in [-0.2, -0.15) is 0 Å². The molecule has 0 aliphatic rings. The van der Waals surface area contributed by atoms with Crippen molar-refractivity contribution in [1.29, 1.82) is 0 Å². The summed E-state index contributed by atoms with van der Waals surface area (Å²) >= 11 is 5.56. The van der Waals surface area contributed by atoms with Gasteiger partial charge in [0.25, 0.3) is 0 Å². The standard InChI is InChI=1S/C17H17ClFNO/c1-2-12-6-8-13(9-7-12)17(20-16(21)11-18)14-4-3-5-15(19)10-14/h3-10,17H,2,11H2,1H3,(H,20,21)/t17-/m1/s1. The van der Waals surface area contributed by atoms with Gasteiger partial charge in [0, 0.05) is 0 Å². The van der Waals surface area contributed by atoms with Crippen LogP contribution in [0.5, 0.6) is 0 Å². The first kappa shape index (κ1) is 15.5. The van der Waals surface area contributed by atoms with Crippen LogP contribution in [0.1, 0.15) is 29.7 Å². The zero-order chi connectivity index (χ0) is 15.2. The molecular weight excluding hydrogens is 289 g/mol. The lowest BCUT2D eigenvalue weighted by molar-refractivity contribution is -0.119. The van der Waals surface area contributed by atoms with Gasteiger partial charge >= 0.3 is 0 Å². The molecule has 0 radical (unpaired) electrons. The Kier molecular flexibility index (Phi) is 5.34. The Morgan fingerprint density at radius 1 is 1.19 bits per heavy atom. The van der Waals surface area contributed by atoms with E-state index in [9.17, 15) is 9.18 Å². The highest BCUT2D eigenvalue weighted by Gasteiger charge is 2.17. The molecule has 1 amide bonds. The van der Waals surface area contributed by atoms with E-state index in [-0.39, 0.29) is 17.6 Å². The summed E-state index contributed by atoms with van der Waals surface area (Å²) in [5.41, 5.74) is 2.80. The van der Waals surface area contributed by atoms with E-state index in [0.717, 1.165) is 12.0 Å². The molecule has 2 rings (SSSR count). The maximum atomic E-state index is 13.4. The topological polar surface area (TPSA) is 29.1 Å². The predicted octanol–water partition coefficient (Wildman–Crippen LogP) is 3.83. The number of carbonyl (C=O) groups excluding carboxylic acids is 1. The second-order valence-corrected chi connectivity index (χ2v) is 5.05. The molecule has 4 heteroatoms. The molecule has 0 saturated carbocycles. The number of rotatable bonds is 5. The monoisotopic (exact) mass is 305 g/mol. The molecule has 110 valence electrons. The lowest BCUT2D eigenvalue weighted by atomic mass is 9.97. The van der Waals surface area contributed by atoms with Crippen molar-refractivity contribution in [2.24, 2.45) is 0 Å². The first-order valence-electron chi connectivity index (χ1n) is 6.83. The van der Waals surface area contributed by atoms with Crippen LogP contribution in [0.3, 0.4) is 0 Å². The molecule has 0 unspecified atom stereocenters. The van der Waals surface area contributed by atoms with Gasteiger partial charge in [0.2, 0.25) is 5.91 Å². The molecule has 0 fully saturated rings. The molecule has 0 aliphatic carbocycles. The van der Waals surface area contributed by atoms with E-state index in [0.29, 0.717) is 5.56 Å². The Labute approximate surface area is 128 Å². The van der Waals surface area contributed by atoms with Gasteiger partial charge in [0.1, 0.15) is 11.7 Å². The van der Waals surface area contributed by atoms with Crippen LogP contribution in [-0.2, 0) is 11.2 Å². The zero-order valence-electron chi connectivity index (χ0n) is 11.8. The molecule has 1 atom stereocenters. The molecule has 2 aromatic carbocycles. The van der Waals surface area contributed by atoms with Gasteiger partial charge in [0.05, 0.1) is 6.04 Å². The van der Waals surface area contributed by atoms with Crippen LogP contribution in [0.2, 0.25) is 0 Å². The summed E-state index contributed by atoms with van der Waals surface area (Å²) in [7, 11) is 0. The van der Waals surface area contributed by atoms with Gasteiger partial charge in [-0.15, -0.1) is 11.6 Å². The second kappa shape index (κ2) is 7.23. The number of amides is 1. The quantitative estimate of drug-likeness (QED) is 0.836. The van der Waals surface area contributed by atoms with Gasteiger partial charge in [-0.3, -0.25) is 4.79 Å². The number of hydrogen-bond acceptors (Lipinski definition) is 1. The third-order valence-corrected chi connectivity index (χ3v) is 3.57. The lowest BCUT2D eigenvalue weighted by Crippen LogP contribution is -2.30. The van der Waals surface area contributed by atoms with Crippen LogP contribution in [-0.4, -0.2) is 11.8 Å². The third-order valence-electron chi connectivity index (χ3n) is 3.33. The summed E-state index contributed by atoms with van der Waals surface area (Å²) in [6.07, 6.45) is 0.943. The van der Waals surface area contributed by atoms with Gasteiger partial charge in [-0.05, 0) is 35.2 Å². The van der Waals surface area contributed by atoms with Crippen LogP contribution in [0.25, 0.3) is 0 Å². The van der Waals surface area contributed by atoms with Crippen molar-refractivity contribution in [2.75, 3.05) is 5.88 Å². The Hall–Kier alpha value is -1.87. The first-order chi connectivity index (χ1) is 10.1. The number of benzene rings is 2.